The first-order valence-corrected chi connectivity index (χ1v) is 4.94. The van der Waals surface area contributed by atoms with Crippen LogP contribution in [0, 0.1) is 6.92 Å². The van der Waals surface area contributed by atoms with E-state index in [2.05, 4.69) is 9.97 Å². The van der Waals surface area contributed by atoms with Gasteiger partial charge in [0.1, 0.15) is 0 Å². The molecule has 14 heavy (non-hydrogen) atoms. The minimum absolute atomic E-state index is 0.0494. The van der Waals surface area contributed by atoms with Gasteiger partial charge in [-0.25, -0.2) is 14.8 Å². The number of hydrogen-bond acceptors (Lipinski definition) is 5. The van der Waals surface area contributed by atoms with Crippen molar-refractivity contribution in [3.8, 4) is 0 Å². The van der Waals surface area contributed by atoms with E-state index in [1.54, 1.807) is 6.92 Å². The van der Waals surface area contributed by atoms with E-state index in [9.17, 15) is 4.79 Å². The van der Waals surface area contributed by atoms with Gasteiger partial charge in [-0.15, -0.1) is 0 Å². The summed E-state index contributed by atoms with van der Waals surface area (Å²) in [6.07, 6.45) is 1.28. The SMILES string of the molecule is Cc1nc(SCCO)ncc1C(=O)O. The van der Waals surface area contributed by atoms with Crippen LogP contribution in [0.25, 0.3) is 0 Å². The van der Waals surface area contributed by atoms with E-state index in [1.165, 1.54) is 18.0 Å². The summed E-state index contributed by atoms with van der Waals surface area (Å²) in [5.74, 6) is -0.521. The van der Waals surface area contributed by atoms with Crippen LogP contribution in [0.5, 0.6) is 0 Å². The molecule has 2 N–H and O–H groups in total. The quantitative estimate of drug-likeness (QED) is 0.563. The van der Waals surface area contributed by atoms with Crippen LogP contribution in [0.4, 0.5) is 0 Å². The van der Waals surface area contributed by atoms with Crippen LogP contribution < -0.4 is 0 Å². The Balaban J connectivity index is 2.83. The molecule has 0 fully saturated rings. The molecule has 6 heteroatoms. The van der Waals surface area contributed by atoms with Gasteiger partial charge in [0.25, 0.3) is 0 Å². The minimum atomic E-state index is -1.03. The molecule has 0 aromatic carbocycles. The highest BCUT2D eigenvalue weighted by Crippen LogP contribution is 2.13. The number of aromatic carboxylic acids is 1. The van der Waals surface area contributed by atoms with Gasteiger partial charge in [0.2, 0.25) is 0 Å². The van der Waals surface area contributed by atoms with E-state index in [1.807, 2.05) is 0 Å². The topological polar surface area (TPSA) is 83.3 Å². The lowest BCUT2D eigenvalue weighted by molar-refractivity contribution is 0.0695. The molecule has 0 amide bonds. The average Bonchev–Trinajstić information content (AvgIpc) is 2.14. The Labute approximate surface area is 85.2 Å². The van der Waals surface area contributed by atoms with Gasteiger partial charge in [-0.3, -0.25) is 0 Å². The van der Waals surface area contributed by atoms with E-state index < -0.39 is 5.97 Å². The molecule has 1 aromatic rings. The molecule has 0 aliphatic heterocycles. The maximum atomic E-state index is 10.6. The zero-order chi connectivity index (χ0) is 10.6. The second-order valence-electron chi connectivity index (χ2n) is 2.53. The summed E-state index contributed by atoms with van der Waals surface area (Å²) in [6, 6.07) is 0. The van der Waals surface area contributed by atoms with Crippen LogP contribution in [-0.4, -0.2) is 38.5 Å². The normalized spacial score (nSPS) is 10.1. The molecule has 0 saturated heterocycles. The van der Waals surface area contributed by atoms with Crippen LogP contribution in [0.15, 0.2) is 11.4 Å². The van der Waals surface area contributed by atoms with Gasteiger partial charge in [-0.05, 0) is 6.92 Å². The van der Waals surface area contributed by atoms with Crippen LogP contribution in [-0.2, 0) is 0 Å². The first-order valence-electron chi connectivity index (χ1n) is 3.95. The number of aryl methyl sites for hydroxylation is 1. The van der Waals surface area contributed by atoms with Crippen LogP contribution in [0.1, 0.15) is 16.1 Å². The number of thioether (sulfide) groups is 1. The fourth-order valence-electron chi connectivity index (χ4n) is 0.862. The average molecular weight is 214 g/mol. The number of aromatic nitrogens is 2. The molecule has 0 aliphatic rings. The maximum Gasteiger partial charge on any atom is 0.339 e. The van der Waals surface area contributed by atoms with Gasteiger partial charge < -0.3 is 10.2 Å². The molecule has 0 spiro atoms. The Morgan fingerprint density at radius 1 is 1.64 bits per heavy atom. The summed E-state index contributed by atoms with van der Waals surface area (Å²) < 4.78 is 0. The number of hydrogen-bond donors (Lipinski definition) is 2. The lowest BCUT2D eigenvalue weighted by Crippen LogP contribution is -2.04. The molecule has 0 unspecified atom stereocenters. The van der Waals surface area contributed by atoms with Crippen molar-refractivity contribution in [2.75, 3.05) is 12.4 Å². The number of carbonyl (C=O) groups is 1. The van der Waals surface area contributed by atoms with E-state index >= 15 is 0 Å². The zero-order valence-electron chi connectivity index (χ0n) is 7.60. The fraction of sp³-hybridized carbons (Fsp3) is 0.375. The summed E-state index contributed by atoms with van der Waals surface area (Å²) in [7, 11) is 0. The molecule has 1 rings (SSSR count). The molecule has 1 heterocycles. The van der Waals surface area contributed by atoms with Gasteiger partial charge in [0, 0.05) is 11.9 Å². The van der Waals surface area contributed by atoms with E-state index in [4.69, 9.17) is 10.2 Å². The Bertz CT molecular complexity index is 343. The predicted octanol–water partition coefficient (Wildman–Crippen LogP) is 0.568. The van der Waals surface area contributed by atoms with Crippen molar-refractivity contribution >= 4 is 17.7 Å². The highest BCUT2D eigenvalue weighted by atomic mass is 32.2. The van der Waals surface area contributed by atoms with Crippen LogP contribution in [0.3, 0.4) is 0 Å². The number of carboxylic acid groups (broad SMARTS) is 1. The van der Waals surface area contributed by atoms with E-state index in [0.29, 0.717) is 16.6 Å². The van der Waals surface area contributed by atoms with Crippen molar-refractivity contribution in [1.82, 2.24) is 9.97 Å². The molecule has 0 atom stereocenters. The van der Waals surface area contributed by atoms with Crippen molar-refractivity contribution in [2.24, 2.45) is 0 Å². The second kappa shape index (κ2) is 4.92. The van der Waals surface area contributed by atoms with E-state index in [-0.39, 0.29) is 12.2 Å². The Morgan fingerprint density at radius 3 is 2.86 bits per heavy atom. The number of aliphatic hydroxyl groups excluding tert-OH is 1. The van der Waals surface area contributed by atoms with Crippen molar-refractivity contribution < 1.29 is 15.0 Å². The highest BCUT2D eigenvalue weighted by Gasteiger charge is 2.09. The molecule has 76 valence electrons. The molecule has 0 saturated carbocycles. The van der Waals surface area contributed by atoms with Gasteiger partial charge >= 0.3 is 5.97 Å². The number of nitrogens with zero attached hydrogens (tertiary/aromatic N) is 2. The monoisotopic (exact) mass is 214 g/mol. The Morgan fingerprint density at radius 2 is 2.36 bits per heavy atom. The lowest BCUT2D eigenvalue weighted by atomic mass is 10.2. The molecule has 0 bridgehead atoms. The molecule has 1 aromatic heterocycles. The van der Waals surface area contributed by atoms with Gasteiger partial charge in [0.15, 0.2) is 5.16 Å². The zero-order valence-corrected chi connectivity index (χ0v) is 8.41. The van der Waals surface area contributed by atoms with Gasteiger partial charge in [-0.2, -0.15) is 0 Å². The van der Waals surface area contributed by atoms with Crippen molar-refractivity contribution in [3.05, 3.63) is 17.5 Å². The van der Waals surface area contributed by atoms with Crippen molar-refractivity contribution in [3.63, 3.8) is 0 Å². The predicted molar refractivity (Wildman–Crippen MR) is 51.5 cm³/mol. The first kappa shape index (κ1) is 10.9. The lowest BCUT2D eigenvalue weighted by Gasteiger charge is -2.01. The number of carboxylic acids is 1. The third-order valence-electron chi connectivity index (χ3n) is 1.51. The van der Waals surface area contributed by atoms with Crippen molar-refractivity contribution in [1.29, 1.82) is 0 Å². The summed E-state index contributed by atoms with van der Waals surface area (Å²) in [5.41, 5.74) is 0.547. The summed E-state index contributed by atoms with van der Waals surface area (Å²) >= 11 is 1.29. The molecule has 5 nitrogen and oxygen atoms in total. The number of aliphatic hydroxyl groups is 1. The number of rotatable bonds is 4. The van der Waals surface area contributed by atoms with Crippen LogP contribution in [0.2, 0.25) is 0 Å². The fourth-order valence-corrected chi connectivity index (χ4v) is 1.46. The highest BCUT2D eigenvalue weighted by molar-refractivity contribution is 7.99. The minimum Gasteiger partial charge on any atom is -0.478 e. The summed E-state index contributed by atoms with van der Waals surface area (Å²) in [6.45, 7) is 1.67. The van der Waals surface area contributed by atoms with Crippen molar-refractivity contribution in [2.45, 2.75) is 12.1 Å². The molecular weight excluding hydrogens is 204 g/mol. The smallest absolute Gasteiger partial charge is 0.339 e. The largest absolute Gasteiger partial charge is 0.478 e. The third-order valence-corrected chi connectivity index (χ3v) is 2.35. The standard InChI is InChI=1S/C8H10N2O3S/c1-5-6(7(12)13)4-9-8(10-5)14-3-2-11/h4,11H,2-3H2,1H3,(H,12,13). The van der Waals surface area contributed by atoms with Gasteiger partial charge in [0.05, 0.1) is 17.9 Å². The summed E-state index contributed by atoms with van der Waals surface area (Å²) in [5, 5.41) is 17.8. The van der Waals surface area contributed by atoms with Crippen LogP contribution >= 0.6 is 11.8 Å². The summed E-state index contributed by atoms with van der Waals surface area (Å²) in [4.78, 5) is 18.5. The van der Waals surface area contributed by atoms with Gasteiger partial charge in [-0.1, -0.05) is 11.8 Å². The third kappa shape index (κ3) is 2.68. The Kier molecular flexibility index (Phi) is 3.84. The molecule has 0 radical (unpaired) electrons. The van der Waals surface area contributed by atoms with E-state index in [0.717, 1.165) is 0 Å². The second-order valence-corrected chi connectivity index (χ2v) is 3.59. The first-order chi connectivity index (χ1) is 6.65. The maximum absolute atomic E-state index is 10.6. The molecular formula is C8H10N2O3S. The molecule has 0 aliphatic carbocycles. The Hall–Kier alpha value is -1.14.